The molecule has 0 radical (unpaired) electrons. The van der Waals surface area contributed by atoms with Crippen molar-refractivity contribution < 1.29 is 14.0 Å². The van der Waals surface area contributed by atoms with E-state index in [1.807, 2.05) is 12.1 Å². The van der Waals surface area contributed by atoms with Gasteiger partial charge in [-0.2, -0.15) is 0 Å². The summed E-state index contributed by atoms with van der Waals surface area (Å²) in [4.78, 5) is 27.3. The molecular weight excluding hydrogens is 359 g/mol. The van der Waals surface area contributed by atoms with Gasteiger partial charge in [0.15, 0.2) is 0 Å². The molecule has 2 aromatic carbocycles. The first-order valence-electron chi connectivity index (χ1n) is 8.63. The van der Waals surface area contributed by atoms with E-state index in [1.54, 1.807) is 42.6 Å². The number of carbonyl (C=O) groups excluding carboxylic acids is 2. The maximum atomic E-state index is 13.2. The van der Waals surface area contributed by atoms with Gasteiger partial charge in [-0.1, -0.05) is 12.1 Å². The van der Waals surface area contributed by atoms with Crippen molar-refractivity contribution in [3.05, 3.63) is 78.2 Å². The van der Waals surface area contributed by atoms with E-state index in [1.165, 1.54) is 19.1 Å². The molecule has 3 N–H and O–H groups in total. The minimum absolute atomic E-state index is 0.0695. The number of nitrogens with one attached hydrogen (secondary N) is 3. The van der Waals surface area contributed by atoms with E-state index in [4.69, 9.17) is 0 Å². The molecule has 2 amide bonds. The zero-order valence-corrected chi connectivity index (χ0v) is 15.2. The van der Waals surface area contributed by atoms with Crippen molar-refractivity contribution in [2.45, 2.75) is 13.3 Å². The van der Waals surface area contributed by atoms with Crippen LogP contribution in [0, 0.1) is 5.82 Å². The van der Waals surface area contributed by atoms with Crippen molar-refractivity contribution in [1.29, 1.82) is 0 Å². The number of nitrogens with zero attached hydrogens (tertiary/aromatic N) is 1. The second-order valence-corrected chi connectivity index (χ2v) is 6.17. The zero-order valence-electron chi connectivity index (χ0n) is 15.2. The summed E-state index contributed by atoms with van der Waals surface area (Å²) < 4.78 is 13.2. The Balaban J connectivity index is 1.55. The molecule has 0 aliphatic carbocycles. The largest absolute Gasteiger partial charge is 0.354 e. The van der Waals surface area contributed by atoms with Crippen LogP contribution in [0.1, 0.15) is 12.5 Å². The van der Waals surface area contributed by atoms with Crippen LogP contribution in [0.4, 0.5) is 27.3 Å². The van der Waals surface area contributed by atoms with Gasteiger partial charge in [-0.3, -0.25) is 9.59 Å². The summed E-state index contributed by atoms with van der Waals surface area (Å²) >= 11 is 0. The highest BCUT2D eigenvalue weighted by molar-refractivity contribution is 5.91. The molecule has 0 saturated heterocycles. The van der Waals surface area contributed by atoms with Gasteiger partial charge in [0.2, 0.25) is 11.8 Å². The Morgan fingerprint density at radius 2 is 1.64 bits per heavy atom. The number of carbonyl (C=O) groups is 2. The summed E-state index contributed by atoms with van der Waals surface area (Å²) in [6.45, 7) is 1.45. The molecule has 0 spiro atoms. The second kappa shape index (κ2) is 8.77. The van der Waals surface area contributed by atoms with Crippen LogP contribution < -0.4 is 16.0 Å². The fourth-order valence-corrected chi connectivity index (χ4v) is 2.57. The quantitative estimate of drug-likeness (QED) is 0.603. The lowest BCUT2D eigenvalue weighted by atomic mass is 10.1. The van der Waals surface area contributed by atoms with Crippen molar-refractivity contribution in [2.24, 2.45) is 0 Å². The van der Waals surface area contributed by atoms with E-state index >= 15 is 0 Å². The van der Waals surface area contributed by atoms with Crippen LogP contribution in [-0.4, -0.2) is 16.8 Å². The number of aromatic nitrogens is 1. The van der Waals surface area contributed by atoms with Gasteiger partial charge in [0.1, 0.15) is 11.6 Å². The van der Waals surface area contributed by atoms with Crippen molar-refractivity contribution in [2.75, 3.05) is 16.0 Å². The van der Waals surface area contributed by atoms with Gasteiger partial charge in [-0.05, 0) is 54.1 Å². The molecule has 6 nitrogen and oxygen atoms in total. The lowest BCUT2D eigenvalue weighted by Crippen LogP contribution is -2.15. The molecule has 0 aliphatic rings. The van der Waals surface area contributed by atoms with Crippen LogP contribution in [-0.2, 0) is 16.0 Å². The molecule has 0 bridgehead atoms. The SMILES string of the molecule is CC(=O)Nc1ccc(Nc2ccc(NC(=O)Cc3cccc(F)c3)nc2)cc1. The molecule has 0 fully saturated rings. The zero-order chi connectivity index (χ0) is 19.9. The molecule has 0 aliphatic heterocycles. The van der Waals surface area contributed by atoms with Crippen molar-refractivity contribution in [3.63, 3.8) is 0 Å². The van der Waals surface area contributed by atoms with Crippen molar-refractivity contribution >= 4 is 34.7 Å². The third kappa shape index (κ3) is 5.63. The number of pyridine rings is 1. The molecule has 7 heteroatoms. The van der Waals surface area contributed by atoms with E-state index in [0.717, 1.165) is 11.4 Å². The van der Waals surface area contributed by atoms with Crippen LogP contribution in [0.25, 0.3) is 0 Å². The van der Waals surface area contributed by atoms with Gasteiger partial charge in [-0.15, -0.1) is 0 Å². The molecule has 0 unspecified atom stereocenters. The predicted molar refractivity (Wildman–Crippen MR) is 107 cm³/mol. The number of hydrogen-bond acceptors (Lipinski definition) is 4. The molecule has 28 heavy (non-hydrogen) atoms. The van der Waals surface area contributed by atoms with Gasteiger partial charge in [0.05, 0.1) is 18.3 Å². The molecule has 3 aromatic rings. The van der Waals surface area contributed by atoms with Gasteiger partial charge < -0.3 is 16.0 Å². The number of amides is 2. The summed E-state index contributed by atoms with van der Waals surface area (Å²) in [6, 6.07) is 16.6. The second-order valence-electron chi connectivity index (χ2n) is 6.17. The average Bonchev–Trinajstić information content (AvgIpc) is 2.64. The lowest BCUT2D eigenvalue weighted by molar-refractivity contribution is -0.116. The average molecular weight is 378 g/mol. The van der Waals surface area contributed by atoms with Crippen LogP contribution in [0.15, 0.2) is 66.9 Å². The molecule has 0 saturated carbocycles. The number of anilines is 4. The Morgan fingerprint density at radius 3 is 2.29 bits per heavy atom. The summed E-state index contributed by atoms with van der Waals surface area (Å²) in [5.41, 5.74) is 2.89. The van der Waals surface area contributed by atoms with E-state index in [2.05, 4.69) is 20.9 Å². The number of rotatable bonds is 6. The Morgan fingerprint density at radius 1 is 0.929 bits per heavy atom. The fourth-order valence-electron chi connectivity index (χ4n) is 2.57. The predicted octanol–water partition coefficient (Wildman–Crippen LogP) is 4.10. The Labute approximate surface area is 161 Å². The Bertz CT molecular complexity index is 972. The summed E-state index contributed by atoms with van der Waals surface area (Å²) in [7, 11) is 0. The third-order valence-electron chi connectivity index (χ3n) is 3.78. The van der Waals surface area contributed by atoms with Crippen LogP contribution in [0.3, 0.4) is 0 Å². The number of halogens is 1. The maximum Gasteiger partial charge on any atom is 0.229 e. The highest BCUT2D eigenvalue weighted by Gasteiger charge is 2.06. The minimum Gasteiger partial charge on any atom is -0.354 e. The summed E-state index contributed by atoms with van der Waals surface area (Å²) in [5.74, 6) is -0.357. The van der Waals surface area contributed by atoms with Gasteiger partial charge in [0.25, 0.3) is 0 Å². The molecule has 142 valence electrons. The van der Waals surface area contributed by atoms with E-state index in [9.17, 15) is 14.0 Å². The molecular formula is C21H19FN4O2. The van der Waals surface area contributed by atoms with Crippen LogP contribution >= 0.6 is 0 Å². The van der Waals surface area contributed by atoms with E-state index < -0.39 is 0 Å². The monoisotopic (exact) mass is 378 g/mol. The molecule has 1 heterocycles. The molecule has 1 aromatic heterocycles. The van der Waals surface area contributed by atoms with Crippen LogP contribution in [0.2, 0.25) is 0 Å². The van der Waals surface area contributed by atoms with Crippen molar-refractivity contribution in [1.82, 2.24) is 4.98 Å². The minimum atomic E-state index is -0.371. The number of hydrogen-bond donors (Lipinski definition) is 3. The van der Waals surface area contributed by atoms with Crippen molar-refractivity contribution in [3.8, 4) is 0 Å². The first-order valence-corrected chi connectivity index (χ1v) is 8.63. The fraction of sp³-hybridized carbons (Fsp3) is 0.0952. The first-order chi connectivity index (χ1) is 13.5. The van der Waals surface area contributed by atoms with E-state index in [-0.39, 0.29) is 24.1 Å². The number of benzene rings is 2. The topological polar surface area (TPSA) is 83.1 Å². The Kier molecular flexibility index (Phi) is 5.96. The molecule has 0 atom stereocenters. The molecule has 3 rings (SSSR count). The highest BCUT2D eigenvalue weighted by atomic mass is 19.1. The van der Waals surface area contributed by atoms with E-state index in [0.29, 0.717) is 17.1 Å². The Hall–Kier alpha value is -3.74. The normalized spacial score (nSPS) is 10.2. The highest BCUT2D eigenvalue weighted by Crippen LogP contribution is 2.19. The van der Waals surface area contributed by atoms with Gasteiger partial charge >= 0.3 is 0 Å². The van der Waals surface area contributed by atoms with Gasteiger partial charge in [-0.25, -0.2) is 9.37 Å². The maximum absolute atomic E-state index is 13.2. The summed E-state index contributed by atoms with van der Waals surface area (Å²) in [6.07, 6.45) is 1.67. The summed E-state index contributed by atoms with van der Waals surface area (Å²) in [5, 5.41) is 8.57. The third-order valence-corrected chi connectivity index (χ3v) is 3.78. The lowest BCUT2D eigenvalue weighted by Gasteiger charge is -2.09. The smallest absolute Gasteiger partial charge is 0.229 e. The standard InChI is InChI=1S/C21H19FN4O2/c1-14(27)24-17-5-7-18(8-6-17)25-19-9-10-20(23-13-19)26-21(28)12-15-3-2-4-16(22)11-15/h2-11,13,25H,12H2,1H3,(H,24,27)(H,23,26,28). The first kappa shape index (κ1) is 19.0. The van der Waals surface area contributed by atoms with Crippen LogP contribution in [0.5, 0.6) is 0 Å². The van der Waals surface area contributed by atoms with Gasteiger partial charge in [0, 0.05) is 18.3 Å².